The second-order valence-electron chi connectivity index (χ2n) is 8.97. The van der Waals surface area contributed by atoms with Crippen molar-refractivity contribution < 1.29 is 19.1 Å². The molecule has 1 heterocycles. The van der Waals surface area contributed by atoms with Crippen LogP contribution in [0.15, 0.2) is 54.4 Å². The number of fused-ring (bicyclic) bond motifs is 1. The monoisotopic (exact) mass is 505 g/mol. The van der Waals surface area contributed by atoms with E-state index in [2.05, 4.69) is 36.7 Å². The molecule has 37 heavy (non-hydrogen) atoms. The lowest BCUT2D eigenvalue weighted by Gasteiger charge is -2.24. The van der Waals surface area contributed by atoms with Gasteiger partial charge in [0.1, 0.15) is 5.70 Å². The summed E-state index contributed by atoms with van der Waals surface area (Å²) in [5.74, 6) is 0.420. The van der Waals surface area contributed by atoms with E-state index in [-0.39, 0.29) is 17.5 Å². The molecule has 0 aliphatic rings. The Morgan fingerprint density at radius 3 is 2.24 bits per heavy atom. The summed E-state index contributed by atoms with van der Waals surface area (Å²) in [6.45, 7) is 8.40. The molecule has 0 radical (unpaired) electrons. The number of amides is 2. The molecule has 7 nitrogen and oxygen atoms in total. The maximum Gasteiger partial charge on any atom is 0.270 e. The summed E-state index contributed by atoms with van der Waals surface area (Å²) in [4.78, 5) is 29.1. The Morgan fingerprint density at radius 2 is 1.62 bits per heavy atom. The Labute approximate surface area is 220 Å². The molecule has 2 amide bonds. The third kappa shape index (κ3) is 6.73. The molecule has 1 N–H and O–H groups in total. The molecule has 0 unspecified atom stereocenters. The standard InChI is InChI=1S/C30H39N3O4/c1-6-9-17-33(18-10-7-2)30(35)25(19-23-21-32(8-3)26-14-12-11-13-24(23)26)31-29(34)22-15-16-27(36-4)28(20-22)37-5/h11-16,19-21H,6-10,17-18H2,1-5H3,(H,31,34)/b25-19-. The first-order valence-electron chi connectivity index (χ1n) is 13.1. The van der Waals surface area contributed by atoms with E-state index < -0.39 is 0 Å². The highest BCUT2D eigenvalue weighted by atomic mass is 16.5. The molecule has 0 saturated heterocycles. The van der Waals surface area contributed by atoms with Crippen molar-refractivity contribution in [1.82, 2.24) is 14.8 Å². The summed E-state index contributed by atoms with van der Waals surface area (Å²) in [5.41, 5.74) is 2.61. The van der Waals surface area contributed by atoms with Crippen molar-refractivity contribution in [3.05, 3.63) is 65.5 Å². The Bertz CT molecular complexity index is 1240. The number of hydrogen-bond donors (Lipinski definition) is 1. The quantitative estimate of drug-likeness (QED) is 0.295. The largest absolute Gasteiger partial charge is 0.493 e. The fraction of sp³-hybridized carbons (Fsp3) is 0.400. The Hall–Kier alpha value is -3.74. The third-order valence-electron chi connectivity index (χ3n) is 6.43. The molecule has 1 aromatic heterocycles. The highest BCUT2D eigenvalue weighted by molar-refractivity contribution is 6.06. The molecular formula is C30H39N3O4. The predicted octanol–water partition coefficient (Wildman–Crippen LogP) is 5.88. The molecule has 198 valence electrons. The average Bonchev–Trinajstić information content (AvgIpc) is 3.29. The minimum Gasteiger partial charge on any atom is -0.493 e. The van der Waals surface area contributed by atoms with E-state index in [0.717, 1.165) is 48.7 Å². The Kier molecular flexibility index (Phi) is 10.2. The summed E-state index contributed by atoms with van der Waals surface area (Å²) >= 11 is 0. The molecule has 0 saturated carbocycles. The molecular weight excluding hydrogens is 466 g/mol. The van der Waals surface area contributed by atoms with Gasteiger partial charge in [-0.25, -0.2) is 0 Å². The van der Waals surface area contributed by atoms with Gasteiger partial charge in [0, 0.05) is 47.9 Å². The number of nitrogens with zero attached hydrogens (tertiary/aromatic N) is 2. The summed E-state index contributed by atoms with van der Waals surface area (Å²) in [7, 11) is 3.07. The molecule has 0 bridgehead atoms. The second-order valence-corrected chi connectivity index (χ2v) is 8.97. The van der Waals surface area contributed by atoms with Gasteiger partial charge in [-0.05, 0) is 50.1 Å². The van der Waals surface area contributed by atoms with Gasteiger partial charge in [0.05, 0.1) is 14.2 Å². The molecule has 0 aliphatic heterocycles. The van der Waals surface area contributed by atoms with Crippen LogP contribution < -0.4 is 14.8 Å². The van der Waals surface area contributed by atoms with Crippen LogP contribution in [-0.4, -0.2) is 48.6 Å². The van der Waals surface area contributed by atoms with E-state index in [0.29, 0.717) is 30.2 Å². The van der Waals surface area contributed by atoms with Gasteiger partial charge < -0.3 is 24.3 Å². The average molecular weight is 506 g/mol. The molecule has 2 aromatic carbocycles. The zero-order valence-corrected chi connectivity index (χ0v) is 22.7. The molecule has 3 rings (SSSR count). The maximum absolute atomic E-state index is 13.9. The van der Waals surface area contributed by atoms with Gasteiger partial charge in [-0.1, -0.05) is 44.9 Å². The van der Waals surface area contributed by atoms with Crippen LogP contribution in [0, 0.1) is 0 Å². The third-order valence-corrected chi connectivity index (χ3v) is 6.43. The normalized spacial score (nSPS) is 11.4. The van der Waals surface area contributed by atoms with Gasteiger partial charge in [-0.15, -0.1) is 0 Å². The number of nitrogens with one attached hydrogen (secondary N) is 1. The molecule has 0 atom stereocenters. The molecule has 0 spiro atoms. The number of para-hydroxylation sites is 1. The van der Waals surface area contributed by atoms with Crippen LogP contribution in [0.4, 0.5) is 0 Å². The van der Waals surface area contributed by atoms with Crippen molar-refractivity contribution in [3.8, 4) is 11.5 Å². The number of methoxy groups -OCH3 is 2. The van der Waals surface area contributed by atoms with E-state index in [1.807, 2.05) is 29.3 Å². The zero-order chi connectivity index (χ0) is 26.8. The highest BCUT2D eigenvalue weighted by Gasteiger charge is 2.22. The van der Waals surface area contributed by atoms with Crippen LogP contribution in [0.1, 0.15) is 62.4 Å². The number of carbonyl (C=O) groups excluding carboxylic acids is 2. The van der Waals surface area contributed by atoms with Gasteiger partial charge in [-0.3, -0.25) is 9.59 Å². The van der Waals surface area contributed by atoms with Gasteiger partial charge in [0.2, 0.25) is 0 Å². The highest BCUT2D eigenvalue weighted by Crippen LogP contribution is 2.28. The summed E-state index contributed by atoms with van der Waals surface area (Å²) in [6, 6.07) is 13.1. The first-order chi connectivity index (χ1) is 18.0. The lowest BCUT2D eigenvalue weighted by atomic mass is 10.1. The SMILES string of the molecule is CCCCN(CCCC)C(=O)/C(=C/c1cn(CC)c2ccccc12)NC(=O)c1ccc(OC)c(OC)c1. The molecule has 0 aliphatic carbocycles. The van der Waals surface area contributed by atoms with E-state index in [9.17, 15) is 9.59 Å². The number of rotatable bonds is 13. The number of benzene rings is 2. The lowest BCUT2D eigenvalue weighted by Crippen LogP contribution is -2.39. The Balaban J connectivity index is 2.05. The van der Waals surface area contributed by atoms with Crippen LogP contribution >= 0.6 is 0 Å². The predicted molar refractivity (Wildman–Crippen MR) is 149 cm³/mol. The van der Waals surface area contributed by atoms with Crippen LogP contribution in [0.2, 0.25) is 0 Å². The van der Waals surface area contributed by atoms with Crippen LogP contribution in [0.3, 0.4) is 0 Å². The second kappa shape index (κ2) is 13.5. The van der Waals surface area contributed by atoms with Crippen molar-refractivity contribution in [2.24, 2.45) is 0 Å². The topological polar surface area (TPSA) is 72.8 Å². The van der Waals surface area contributed by atoms with Crippen molar-refractivity contribution in [1.29, 1.82) is 0 Å². The van der Waals surface area contributed by atoms with Gasteiger partial charge >= 0.3 is 0 Å². The number of unbranched alkanes of at least 4 members (excludes halogenated alkanes) is 2. The minimum absolute atomic E-state index is 0.177. The number of aryl methyl sites for hydroxylation is 1. The van der Waals surface area contributed by atoms with Crippen molar-refractivity contribution in [2.45, 2.75) is 53.0 Å². The van der Waals surface area contributed by atoms with Crippen molar-refractivity contribution in [2.75, 3.05) is 27.3 Å². The molecule has 3 aromatic rings. The number of aromatic nitrogens is 1. The molecule has 0 fully saturated rings. The Morgan fingerprint density at radius 1 is 0.946 bits per heavy atom. The van der Waals surface area contributed by atoms with E-state index in [4.69, 9.17) is 9.47 Å². The summed E-state index contributed by atoms with van der Waals surface area (Å²) < 4.78 is 12.8. The van der Waals surface area contributed by atoms with Crippen LogP contribution in [0.5, 0.6) is 11.5 Å². The van der Waals surface area contributed by atoms with Gasteiger partial charge in [0.15, 0.2) is 11.5 Å². The molecule has 7 heteroatoms. The zero-order valence-electron chi connectivity index (χ0n) is 22.7. The fourth-order valence-electron chi connectivity index (χ4n) is 4.31. The summed E-state index contributed by atoms with van der Waals surface area (Å²) in [6.07, 6.45) is 7.61. The van der Waals surface area contributed by atoms with Crippen LogP contribution in [-0.2, 0) is 11.3 Å². The van der Waals surface area contributed by atoms with Crippen molar-refractivity contribution in [3.63, 3.8) is 0 Å². The lowest BCUT2D eigenvalue weighted by molar-refractivity contribution is -0.127. The van der Waals surface area contributed by atoms with E-state index in [1.165, 1.54) is 7.11 Å². The smallest absolute Gasteiger partial charge is 0.270 e. The maximum atomic E-state index is 13.9. The fourth-order valence-corrected chi connectivity index (χ4v) is 4.31. The van der Waals surface area contributed by atoms with Gasteiger partial charge in [0.25, 0.3) is 11.8 Å². The first kappa shape index (κ1) is 27.8. The number of ether oxygens (including phenoxy) is 2. The van der Waals surface area contributed by atoms with E-state index >= 15 is 0 Å². The summed E-state index contributed by atoms with van der Waals surface area (Å²) in [5, 5.41) is 3.95. The first-order valence-corrected chi connectivity index (χ1v) is 13.1. The number of hydrogen-bond acceptors (Lipinski definition) is 4. The van der Waals surface area contributed by atoms with Gasteiger partial charge in [-0.2, -0.15) is 0 Å². The number of carbonyl (C=O) groups is 2. The van der Waals surface area contributed by atoms with Crippen LogP contribution in [0.25, 0.3) is 17.0 Å². The van der Waals surface area contributed by atoms with Crippen molar-refractivity contribution >= 4 is 28.8 Å². The van der Waals surface area contributed by atoms with E-state index in [1.54, 1.807) is 31.4 Å². The minimum atomic E-state index is -0.384.